The Hall–Kier alpha value is 0.650. The van der Waals surface area contributed by atoms with E-state index in [4.69, 9.17) is 0 Å². The van der Waals surface area contributed by atoms with Gasteiger partial charge >= 0.3 is 13.6 Å². The zero-order chi connectivity index (χ0) is 10.5. The molecule has 13 heavy (non-hydrogen) atoms. The van der Waals surface area contributed by atoms with Crippen LogP contribution in [0, 0.1) is 0 Å². The lowest BCUT2D eigenvalue weighted by Crippen LogP contribution is -1.87. The summed E-state index contributed by atoms with van der Waals surface area (Å²) >= 11 is 0.417. The van der Waals surface area contributed by atoms with Crippen LogP contribution in [0.5, 0.6) is 0 Å². The van der Waals surface area contributed by atoms with E-state index >= 15 is 0 Å². The van der Waals surface area contributed by atoms with Gasteiger partial charge in [0, 0.05) is 28.4 Å². The topological polar surface area (TPSA) is 71.1 Å². The molecule has 0 saturated heterocycles. The number of rotatable bonds is 6. The lowest BCUT2D eigenvalue weighted by molar-refractivity contribution is 0.290. The van der Waals surface area contributed by atoms with E-state index in [2.05, 4.69) is 18.1 Å². The predicted molar refractivity (Wildman–Crippen MR) is 50.8 cm³/mol. The Morgan fingerprint density at radius 2 is 1.00 bits per heavy atom. The molecule has 9 heteroatoms. The average molecular weight is 250 g/mol. The maximum Gasteiger partial charge on any atom is 0.399 e. The third-order valence-corrected chi connectivity index (χ3v) is 9.87. The van der Waals surface area contributed by atoms with E-state index in [-0.39, 0.29) is 0 Å². The molecule has 0 saturated carbocycles. The minimum Gasteiger partial charge on any atom is -0.304 e. The molecule has 0 aliphatic carbocycles. The van der Waals surface area contributed by atoms with Crippen molar-refractivity contribution in [3.05, 3.63) is 0 Å². The minimum absolute atomic E-state index is 0.417. The predicted octanol–water partition coefficient (Wildman–Crippen LogP) is 2.52. The second-order valence-electron chi connectivity index (χ2n) is 1.71. The molecule has 0 radical (unpaired) electrons. The Morgan fingerprint density at radius 1 is 0.769 bits per heavy atom. The fourth-order valence-electron chi connectivity index (χ4n) is 0.405. The van der Waals surface area contributed by atoms with Crippen LogP contribution >= 0.6 is 24.6 Å². The molecular formula is C4H12O6P2S. The minimum atomic E-state index is -3.43. The SMILES string of the molecule is COP(=O)(OC)SP(=O)(OC)OC. The number of hydrogen-bond donors (Lipinski definition) is 0. The van der Waals surface area contributed by atoms with Crippen molar-refractivity contribution in [2.24, 2.45) is 0 Å². The van der Waals surface area contributed by atoms with Crippen LogP contribution in [0.1, 0.15) is 0 Å². The first-order valence-corrected chi connectivity index (χ1v) is 8.21. The lowest BCUT2D eigenvalue weighted by Gasteiger charge is -2.17. The molecule has 0 N–H and O–H groups in total. The highest BCUT2D eigenvalue weighted by Crippen LogP contribution is 2.78. The maximum absolute atomic E-state index is 11.5. The first-order valence-electron chi connectivity index (χ1n) is 3.09. The van der Waals surface area contributed by atoms with Crippen LogP contribution in [0.3, 0.4) is 0 Å². The van der Waals surface area contributed by atoms with Crippen LogP contribution < -0.4 is 0 Å². The highest BCUT2D eigenvalue weighted by Gasteiger charge is 2.37. The van der Waals surface area contributed by atoms with E-state index in [0.29, 0.717) is 11.0 Å². The molecule has 0 aromatic heterocycles. The first kappa shape index (κ1) is 13.7. The van der Waals surface area contributed by atoms with Gasteiger partial charge in [0.25, 0.3) is 0 Å². The van der Waals surface area contributed by atoms with Crippen LogP contribution in [-0.2, 0) is 27.2 Å². The molecule has 80 valence electrons. The summed E-state index contributed by atoms with van der Waals surface area (Å²) in [5, 5.41) is 0. The lowest BCUT2D eigenvalue weighted by atomic mass is 11.8. The fourth-order valence-corrected chi connectivity index (χ4v) is 7.35. The molecule has 0 fully saturated rings. The monoisotopic (exact) mass is 250 g/mol. The summed E-state index contributed by atoms with van der Waals surface area (Å²) in [4.78, 5) is 0. The molecule has 0 heterocycles. The largest absolute Gasteiger partial charge is 0.399 e. The molecule has 0 aromatic carbocycles. The standard InChI is InChI=1S/C4H12O6P2S/c1-7-11(5,8-2)13-12(6,9-3)10-4/h1-4H3. The molecule has 0 spiro atoms. The van der Waals surface area contributed by atoms with Crippen molar-refractivity contribution >= 4 is 24.6 Å². The summed E-state index contributed by atoms with van der Waals surface area (Å²) in [5.41, 5.74) is 0. The summed E-state index contributed by atoms with van der Waals surface area (Å²) in [7, 11) is 4.75. The third-order valence-electron chi connectivity index (χ3n) is 1.09. The molecule has 0 atom stereocenters. The second kappa shape index (κ2) is 5.51. The van der Waals surface area contributed by atoms with E-state index in [1.807, 2.05) is 0 Å². The highest BCUT2D eigenvalue weighted by molar-refractivity contribution is 8.84. The van der Waals surface area contributed by atoms with Gasteiger partial charge in [-0.25, -0.2) is 9.13 Å². The second-order valence-corrected chi connectivity index (χ2v) is 9.76. The Bertz CT molecular complexity index is 203. The smallest absolute Gasteiger partial charge is 0.304 e. The van der Waals surface area contributed by atoms with E-state index in [0.717, 1.165) is 0 Å². The van der Waals surface area contributed by atoms with Gasteiger partial charge in [0.2, 0.25) is 0 Å². The van der Waals surface area contributed by atoms with Crippen LogP contribution in [-0.4, -0.2) is 28.4 Å². The summed E-state index contributed by atoms with van der Waals surface area (Å²) in [5.74, 6) is 0. The van der Waals surface area contributed by atoms with Crippen molar-refractivity contribution < 1.29 is 27.2 Å². The van der Waals surface area contributed by atoms with E-state index < -0.39 is 13.6 Å². The molecule has 0 aliphatic heterocycles. The summed E-state index contributed by atoms with van der Waals surface area (Å²) < 4.78 is 41.1. The van der Waals surface area contributed by atoms with Crippen molar-refractivity contribution in [2.75, 3.05) is 28.4 Å². The van der Waals surface area contributed by atoms with Crippen LogP contribution in [0.4, 0.5) is 0 Å². The van der Waals surface area contributed by atoms with Gasteiger partial charge in [-0.1, -0.05) is 0 Å². The van der Waals surface area contributed by atoms with Crippen LogP contribution in [0.25, 0.3) is 0 Å². The van der Waals surface area contributed by atoms with E-state index in [1.54, 1.807) is 0 Å². The van der Waals surface area contributed by atoms with Gasteiger partial charge in [-0.15, -0.1) is 0 Å². The van der Waals surface area contributed by atoms with Crippen molar-refractivity contribution in [2.45, 2.75) is 0 Å². The van der Waals surface area contributed by atoms with Crippen molar-refractivity contribution in [1.29, 1.82) is 0 Å². The van der Waals surface area contributed by atoms with E-state index in [1.165, 1.54) is 28.4 Å². The van der Waals surface area contributed by atoms with Crippen molar-refractivity contribution in [3.63, 3.8) is 0 Å². The molecule has 0 amide bonds. The Morgan fingerprint density at radius 3 is 1.15 bits per heavy atom. The molecule has 6 nitrogen and oxygen atoms in total. The quantitative estimate of drug-likeness (QED) is 0.670. The van der Waals surface area contributed by atoms with Crippen LogP contribution in [0.15, 0.2) is 0 Å². The zero-order valence-electron chi connectivity index (χ0n) is 7.75. The summed E-state index contributed by atoms with van der Waals surface area (Å²) in [6.07, 6.45) is 0. The van der Waals surface area contributed by atoms with Gasteiger partial charge in [0.05, 0.1) is 11.0 Å². The molecular weight excluding hydrogens is 238 g/mol. The van der Waals surface area contributed by atoms with Gasteiger partial charge in [-0.2, -0.15) is 0 Å². The highest BCUT2D eigenvalue weighted by atomic mass is 33.1. The normalized spacial score (nSPS) is 13.2. The zero-order valence-corrected chi connectivity index (χ0v) is 10.4. The molecule has 0 bridgehead atoms. The van der Waals surface area contributed by atoms with Gasteiger partial charge in [0.15, 0.2) is 0 Å². The average Bonchev–Trinajstić information content (AvgIpc) is 2.17. The van der Waals surface area contributed by atoms with Gasteiger partial charge < -0.3 is 18.1 Å². The van der Waals surface area contributed by atoms with E-state index in [9.17, 15) is 9.13 Å². The van der Waals surface area contributed by atoms with Gasteiger partial charge in [0.1, 0.15) is 0 Å². The fraction of sp³-hybridized carbons (Fsp3) is 1.00. The molecule has 0 unspecified atom stereocenters. The van der Waals surface area contributed by atoms with Gasteiger partial charge in [-0.3, -0.25) is 0 Å². The molecule has 0 aromatic rings. The van der Waals surface area contributed by atoms with Gasteiger partial charge in [-0.05, 0) is 0 Å². The number of hydrogen-bond acceptors (Lipinski definition) is 7. The molecule has 0 rings (SSSR count). The summed E-state index contributed by atoms with van der Waals surface area (Å²) in [6.45, 7) is -6.86. The van der Waals surface area contributed by atoms with Crippen LogP contribution in [0.2, 0.25) is 0 Å². The molecule has 0 aliphatic rings. The first-order chi connectivity index (χ1) is 5.95. The maximum atomic E-state index is 11.5. The third kappa shape index (κ3) is 4.13. The Labute approximate surface area is 80.8 Å². The Balaban J connectivity index is 4.57. The summed E-state index contributed by atoms with van der Waals surface area (Å²) in [6, 6.07) is 0. The van der Waals surface area contributed by atoms with Crippen molar-refractivity contribution in [1.82, 2.24) is 0 Å². The van der Waals surface area contributed by atoms with Crippen molar-refractivity contribution in [3.8, 4) is 0 Å². The Kier molecular flexibility index (Phi) is 5.79.